The van der Waals surface area contributed by atoms with Gasteiger partial charge in [0, 0.05) is 36.9 Å². The highest BCUT2D eigenvalue weighted by atomic mass is 16.5. The molecule has 1 N–H and O–H groups in total. The Labute approximate surface area is 128 Å². The molecule has 1 aromatic carbocycles. The van der Waals surface area contributed by atoms with Crippen LogP contribution in [0.25, 0.3) is 0 Å². The zero-order chi connectivity index (χ0) is 15.5. The van der Waals surface area contributed by atoms with Crippen molar-refractivity contribution in [3.63, 3.8) is 0 Å². The Morgan fingerprint density at radius 2 is 2.10 bits per heavy atom. The van der Waals surface area contributed by atoms with Gasteiger partial charge in [0.05, 0.1) is 19.8 Å². The Kier molecular flexibility index (Phi) is 5.12. The maximum atomic E-state index is 5.73. The molecule has 0 unspecified atom stereocenters. The predicted molar refractivity (Wildman–Crippen MR) is 87.2 cm³/mol. The fraction of sp³-hybridized carbons (Fsp3) is 0.647. The lowest BCUT2D eigenvalue weighted by Crippen LogP contribution is -2.47. The van der Waals surface area contributed by atoms with E-state index >= 15 is 0 Å². The van der Waals surface area contributed by atoms with E-state index in [2.05, 4.69) is 50.0 Å². The van der Waals surface area contributed by atoms with E-state index < -0.39 is 0 Å². The molecule has 0 fully saturated rings. The van der Waals surface area contributed by atoms with Crippen LogP contribution in [0.4, 0.5) is 5.69 Å². The summed E-state index contributed by atoms with van der Waals surface area (Å²) < 4.78 is 11.1. The standard InChI is InChI=1S/C17H28N2O2/c1-13(2)21-9-8-19-12-17(3,4)18-11-14-6-7-15(20-5)10-16(14)19/h6-7,10,13,18H,8-9,11-12H2,1-5H3. The number of benzene rings is 1. The fourth-order valence-electron chi connectivity index (χ4n) is 2.67. The lowest BCUT2D eigenvalue weighted by Gasteiger charge is -2.32. The van der Waals surface area contributed by atoms with Crippen molar-refractivity contribution in [2.45, 2.75) is 45.9 Å². The monoisotopic (exact) mass is 292 g/mol. The van der Waals surface area contributed by atoms with E-state index in [4.69, 9.17) is 9.47 Å². The van der Waals surface area contributed by atoms with E-state index in [1.165, 1.54) is 11.3 Å². The van der Waals surface area contributed by atoms with Crippen LogP contribution in [0.3, 0.4) is 0 Å². The zero-order valence-corrected chi connectivity index (χ0v) is 13.9. The number of hydrogen-bond acceptors (Lipinski definition) is 4. The first kappa shape index (κ1) is 16.1. The van der Waals surface area contributed by atoms with Gasteiger partial charge in [0.25, 0.3) is 0 Å². The third-order valence-corrected chi connectivity index (χ3v) is 3.79. The number of hydrogen-bond donors (Lipinski definition) is 1. The smallest absolute Gasteiger partial charge is 0.120 e. The minimum atomic E-state index is 0.0735. The highest BCUT2D eigenvalue weighted by Crippen LogP contribution is 2.30. The number of fused-ring (bicyclic) bond motifs is 1. The molecule has 1 heterocycles. The summed E-state index contributed by atoms with van der Waals surface area (Å²) in [7, 11) is 1.72. The minimum absolute atomic E-state index is 0.0735. The highest BCUT2D eigenvalue weighted by Gasteiger charge is 2.27. The van der Waals surface area contributed by atoms with Gasteiger partial charge in [-0.3, -0.25) is 0 Å². The van der Waals surface area contributed by atoms with Crippen LogP contribution in [0.2, 0.25) is 0 Å². The third kappa shape index (κ3) is 4.35. The molecule has 0 saturated heterocycles. The Hall–Kier alpha value is -1.26. The topological polar surface area (TPSA) is 33.7 Å². The molecule has 21 heavy (non-hydrogen) atoms. The Balaban J connectivity index is 2.22. The van der Waals surface area contributed by atoms with Gasteiger partial charge in [-0.25, -0.2) is 0 Å². The molecule has 1 aromatic rings. The Morgan fingerprint density at radius 1 is 1.33 bits per heavy atom. The summed E-state index contributed by atoms with van der Waals surface area (Å²) in [6.45, 7) is 12.1. The maximum Gasteiger partial charge on any atom is 0.120 e. The molecule has 4 heteroatoms. The molecule has 0 spiro atoms. The lowest BCUT2D eigenvalue weighted by atomic mass is 10.1. The molecule has 118 valence electrons. The van der Waals surface area contributed by atoms with Crippen LogP contribution in [0.5, 0.6) is 5.75 Å². The summed E-state index contributed by atoms with van der Waals surface area (Å²) in [6, 6.07) is 6.31. The Morgan fingerprint density at radius 3 is 2.76 bits per heavy atom. The van der Waals surface area contributed by atoms with Crippen molar-refractivity contribution in [2.24, 2.45) is 0 Å². The molecular formula is C17H28N2O2. The Bertz CT molecular complexity index is 472. The third-order valence-electron chi connectivity index (χ3n) is 3.79. The first-order valence-electron chi connectivity index (χ1n) is 7.70. The molecule has 0 aromatic heterocycles. The molecule has 2 rings (SSSR count). The molecule has 0 amide bonds. The SMILES string of the molecule is COc1ccc2c(c1)N(CCOC(C)C)CC(C)(C)NC2. The summed E-state index contributed by atoms with van der Waals surface area (Å²) >= 11 is 0. The molecule has 4 nitrogen and oxygen atoms in total. The van der Waals surface area contributed by atoms with Crippen molar-refractivity contribution >= 4 is 5.69 Å². The molecule has 0 aliphatic carbocycles. The first-order valence-corrected chi connectivity index (χ1v) is 7.70. The largest absolute Gasteiger partial charge is 0.497 e. The first-order chi connectivity index (χ1) is 9.91. The number of anilines is 1. The van der Waals surface area contributed by atoms with E-state index in [0.717, 1.165) is 32.0 Å². The summed E-state index contributed by atoms with van der Waals surface area (Å²) in [5, 5.41) is 3.62. The van der Waals surface area contributed by atoms with Gasteiger partial charge in [0.1, 0.15) is 5.75 Å². The fourth-order valence-corrected chi connectivity index (χ4v) is 2.67. The summed E-state index contributed by atoms with van der Waals surface area (Å²) in [5.74, 6) is 0.906. The van der Waals surface area contributed by atoms with Gasteiger partial charge in [-0.1, -0.05) is 6.07 Å². The molecule has 0 radical (unpaired) electrons. The number of nitrogens with one attached hydrogen (secondary N) is 1. The lowest BCUT2D eigenvalue weighted by molar-refractivity contribution is 0.0836. The van der Waals surface area contributed by atoms with Gasteiger partial charge in [-0.15, -0.1) is 0 Å². The summed E-state index contributed by atoms with van der Waals surface area (Å²) in [6.07, 6.45) is 0.271. The van der Waals surface area contributed by atoms with Crippen LogP contribution >= 0.6 is 0 Å². The van der Waals surface area contributed by atoms with Gasteiger partial charge in [-0.05, 0) is 39.3 Å². The average Bonchev–Trinajstić information content (AvgIpc) is 2.55. The van der Waals surface area contributed by atoms with Crippen molar-refractivity contribution in [3.05, 3.63) is 23.8 Å². The molecule has 1 aliphatic heterocycles. The zero-order valence-electron chi connectivity index (χ0n) is 13.9. The van der Waals surface area contributed by atoms with Crippen LogP contribution < -0.4 is 15.0 Å². The molecular weight excluding hydrogens is 264 g/mol. The van der Waals surface area contributed by atoms with Gasteiger partial charge >= 0.3 is 0 Å². The van der Waals surface area contributed by atoms with Crippen molar-refractivity contribution in [1.29, 1.82) is 0 Å². The number of nitrogens with zero attached hydrogens (tertiary/aromatic N) is 1. The quantitative estimate of drug-likeness (QED) is 0.905. The van der Waals surface area contributed by atoms with E-state index in [-0.39, 0.29) is 11.6 Å². The van der Waals surface area contributed by atoms with Crippen LogP contribution in [0.1, 0.15) is 33.3 Å². The second-order valence-corrected chi connectivity index (χ2v) is 6.57. The number of methoxy groups -OCH3 is 1. The van der Waals surface area contributed by atoms with Gasteiger partial charge in [0.15, 0.2) is 0 Å². The van der Waals surface area contributed by atoms with E-state index in [1.807, 2.05) is 6.07 Å². The molecule has 1 aliphatic rings. The van der Waals surface area contributed by atoms with Crippen LogP contribution in [-0.2, 0) is 11.3 Å². The molecule has 0 saturated carbocycles. The van der Waals surface area contributed by atoms with Crippen LogP contribution in [-0.4, -0.2) is 38.4 Å². The van der Waals surface area contributed by atoms with Crippen molar-refractivity contribution in [2.75, 3.05) is 31.7 Å². The van der Waals surface area contributed by atoms with Gasteiger partial charge in [0.2, 0.25) is 0 Å². The van der Waals surface area contributed by atoms with Gasteiger partial charge in [-0.2, -0.15) is 0 Å². The van der Waals surface area contributed by atoms with Crippen molar-refractivity contribution in [1.82, 2.24) is 5.32 Å². The summed E-state index contributed by atoms with van der Waals surface area (Å²) in [4.78, 5) is 2.40. The van der Waals surface area contributed by atoms with Crippen LogP contribution in [0.15, 0.2) is 18.2 Å². The van der Waals surface area contributed by atoms with Crippen molar-refractivity contribution < 1.29 is 9.47 Å². The minimum Gasteiger partial charge on any atom is -0.497 e. The summed E-state index contributed by atoms with van der Waals surface area (Å²) in [5.41, 5.74) is 2.63. The molecule has 0 atom stereocenters. The van der Waals surface area contributed by atoms with Crippen LogP contribution in [0, 0.1) is 0 Å². The number of rotatable bonds is 5. The van der Waals surface area contributed by atoms with E-state index in [1.54, 1.807) is 7.11 Å². The van der Waals surface area contributed by atoms with Gasteiger partial charge < -0.3 is 19.7 Å². The second-order valence-electron chi connectivity index (χ2n) is 6.57. The second kappa shape index (κ2) is 6.67. The highest BCUT2D eigenvalue weighted by molar-refractivity contribution is 5.58. The maximum absolute atomic E-state index is 5.73. The number of ether oxygens (including phenoxy) is 2. The average molecular weight is 292 g/mol. The molecule has 0 bridgehead atoms. The van der Waals surface area contributed by atoms with E-state index in [0.29, 0.717) is 0 Å². The normalized spacial score (nSPS) is 17.5. The predicted octanol–water partition coefficient (Wildman–Crippen LogP) is 2.81. The van der Waals surface area contributed by atoms with E-state index in [9.17, 15) is 0 Å². The van der Waals surface area contributed by atoms with Crippen molar-refractivity contribution in [3.8, 4) is 5.75 Å².